The zero-order chi connectivity index (χ0) is 28.1. The number of ether oxygens (including phenoxy) is 1. The van der Waals surface area contributed by atoms with E-state index in [-0.39, 0.29) is 18.4 Å². The predicted octanol–water partition coefficient (Wildman–Crippen LogP) is 3.89. The largest absolute Gasteiger partial charge is 0.489 e. The maximum Gasteiger partial charge on any atom is 0.253 e. The van der Waals surface area contributed by atoms with Crippen LogP contribution in [0, 0.1) is 12.8 Å². The molecule has 0 aliphatic carbocycles. The number of hydrogen-bond donors (Lipinski definition) is 3. The molecule has 1 aliphatic rings. The van der Waals surface area contributed by atoms with Crippen molar-refractivity contribution in [2.45, 2.75) is 26.0 Å². The van der Waals surface area contributed by atoms with Crippen molar-refractivity contribution in [3.8, 4) is 5.75 Å². The van der Waals surface area contributed by atoms with Gasteiger partial charge in [-0.3, -0.25) is 24.6 Å². The van der Waals surface area contributed by atoms with E-state index in [1.807, 2.05) is 43.3 Å². The summed E-state index contributed by atoms with van der Waals surface area (Å²) in [5.74, 6) is -1.41. The lowest BCUT2D eigenvalue weighted by atomic mass is 9.90. The first-order valence-corrected chi connectivity index (χ1v) is 13.1. The number of likely N-dealkylation sites (tertiary alicyclic amines) is 1. The monoisotopic (exact) mass is 538 g/mol. The number of nitrogens with zero attached hydrogens (tertiary/aromatic N) is 2. The molecule has 3 aromatic carbocycles. The standard InChI is InChI=1S/C31H30N4O5/c1-20-17-23(25-9-5-6-10-27(25)32-20)19-40-24-13-11-21(12-14-24)29(36)33-28-15-16-35(18-26(28)30(37)34-39)31(38)22-7-3-2-4-8-22/h2-14,17,26,28,39H,15-16,18-19H2,1H3,(H,33,36)(H,34,37)/t26-,28+/m0/s1. The third-order valence-corrected chi connectivity index (χ3v) is 7.12. The molecule has 1 saturated heterocycles. The van der Waals surface area contributed by atoms with Gasteiger partial charge in [-0.25, -0.2) is 5.48 Å². The number of para-hydroxylation sites is 1. The van der Waals surface area contributed by atoms with Gasteiger partial charge >= 0.3 is 0 Å². The third-order valence-electron chi connectivity index (χ3n) is 7.12. The Morgan fingerprint density at radius 1 is 0.975 bits per heavy atom. The first-order chi connectivity index (χ1) is 19.4. The zero-order valence-electron chi connectivity index (χ0n) is 22.0. The number of benzene rings is 3. The average Bonchev–Trinajstić information content (AvgIpc) is 2.99. The van der Waals surface area contributed by atoms with Gasteiger partial charge < -0.3 is 15.0 Å². The van der Waals surface area contributed by atoms with E-state index in [0.717, 1.165) is 22.2 Å². The van der Waals surface area contributed by atoms with E-state index in [1.165, 1.54) is 0 Å². The fourth-order valence-corrected chi connectivity index (χ4v) is 5.05. The van der Waals surface area contributed by atoms with E-state index in [9.17, 15) is 19.6 Å². The van der Waals surface area contributed by atoms with Crippen molar-refractivity contribution < 1.29 is 24.3 Å². The summed E-state index contributed by atoms with van der Waals surface area (Å²) in [6, 6.07) is 24.9. The highest BCUT2D eigenvalue weighted by Gasteiger charge is 2.37. The molecule has 0 radical (unpaired) electrons. The van der Waals surface area contributed by atoms with E-state index in [1.54, 1.807) is 58.9 Å². The minimum absolute atomic E-state index is 0.0704. The van der Waals surface area contributed by atoms with Crippen LogP contribution < -0.4 is 15.5 Å². The number of amides is 3. The SMILES string of the molecule is Cc1cc(COc2ccc(C(=O)N[C@@H]3CCN(C(=O)c4ccccc4)C[C@@H]3C(=O)NO)cc2)c2ccccc2n1. The molecule has 0 unspecified atom stereocenters. The van der Waals surface area contributed by atoms with Crippen LogP contribution in [0.2, 0.25) is 0 Å². The number of carbonyl (C=O) groups is 3. The Bertz CT molecular complexity index is 1520. The normalized spacial score (nSPS) is 16.8. The Balaban J connectivity index is 1.22. The fraction of sp³-hybridized carbons (Fsp3) is 0.226. The van der Waals surface area contributed by atoms with Crippen LogP contribution in [0.5, 0.6) is 5.75 Å². The molecule has 3 amide bonds. The highest BCUT2D eigenvalue weighted by molar-refractivity contribution is 5.96. The van der Waals surface area contributed by atoms with Crippen LogP contribution in [0.1, 0.15) is 38.4 Å². The van der Waals surface area contributed by atoms with Crippen LogP contribution in [0.15, 0.2) is 84.9 Å². The summed E-state index contributed by atoms with van der Waals surface area (Å²) in [6.07, 6.45) is 0.364. The molecular formula is C31H30N4O5. The summed E-state index contributed by atoms with van der Waals surface area (Å²) in [5, 5.41) is 13.2. The van der Waals surface area contributed by atoms with Gasteiger partial charge in [0.1, 0.15) is 12.4 Å². The maximum atomic E-state index is 13.0. The molecule has 3 N–H and O–H groups in total. The van der Waals surface area contributed by atoms with Gasteiger partial charge in [-0.2, -0.15) is 0 Å². The Morgan fingerprint density at radius 2 is 1.70 bits per heavy atom. The van der Waals surface area contributed by atoms with Crippen LogP contribution in [0.3, 0.4) is 0 Å². The highest BCUT2D eigenvalue weighted by atomic mass is 16.5. The van der Waals surface area contributed by atoms with Gasteiger partial charge in [0.05, 0.1) is 11.4 Å². The Hall–Kier alpha value is -4.76. The predicted molar refractivity (Wildman–Crippen MR) is 149 cm³/mol. The number of hydroxylamine groups is 1. The van der Waals surface area contributed by atoms with E-state index in [4.69, 9.17) is 4.74 Å². The molecule has 2 heterocycles. The Morgan fingerprint density at radius 3 is 2.45 bits per heavy atom. The molecule has 4 aromatic rings. The smallest absolute Gasteiger partial charge is 0.253 e. The number of hydrogen-bond acceptors (Lipinski definition) is 6. The van der Waals surface area contributed by atoms with Crippen molar-refractivity contribution in [2.75, 3.05) is 13.1 Å². The van der Waals surface area contributed by atoms with Gasteiger partial charge in [0.25, 0.3) is 11.8 Å². The van der Waals surface area contributed by atoms with Gasteiger partial charge in [0.15, 0.2) is 0 Å². The van der Waals surface area contributed by atoms with E-state index >= 15 is 0 Å². The molecule has 0 saturated carbocycles. The Kier molecular flexibility index (Phi) is 8.02. The summed E-state index contributed by atoms with van der Waals surface area (Å²) in [6.45, 7) is 2.74. The summed E-state index contributed by atoms with van der Waals surface area (Å²) < 4.78 is 6.00. The summed E-state index contributed by atoms with van der Waals surface area (Å²) >= 11 is 0. The van der Waals surface area contributed by atoms with Crippen molar-refractivity contribution in [3.05, 3.63) is 107 Å². The van der Waals surface area contributed by atoms with Gasteiger partial charge in [-0.15, -0.1) is 0 Å². The quantitative estimate of drug-likeness (QED) is 0.243. The fourth-order valence-electron chi connectivity index (χ4n) is 5.05. The van der Waals surface area contributed by atoms with Crippen LogP contribution in [0.4, 0.5) is 0 Å². The maximum absolute atomic E-state index is 13.0. The zero-order valence-corrected chi connectivity index (χ0v) is 22.0. The average molecular weight is 539 g/mol. The molecule has 9 heteroatoms. The second kappa shape index (κ2) is 12.0. The van der Waals surface area contributed by atoms with Crippen molar-refractivity contribution >= 4 is 28.6 Å². The molecule has 204 valence electrons. The molecule has 2 atom stereocenters. The Labute approximate surface area is 231 Å². The third kappa shape index (κ3) is 5.94. The van der Waals surface area contributed by atoms with Crippen molar-refractivity contribution in [1.82, 2.24) is 20.7 Å². The second-order valence-corrected chi connectivity index (χ2v) is 9.82. The number of nitrogens with one attached hydrogen (secondary N) is 2. The summed E-state index contributed by atoms with van der Waals surface area (Å²) in [5.41, 5.74) is 5.45. The molecule has 5 rings (SSSR count). The number of carbonyl (C=O) groups excluding carboxylic acids is 3. The van der Waals surface area contributed by atoms with Crippen molar-refractivity contribution in [1.29, 1.82) is 0 Å². The second-order valence-electron chi connectivity index (χ2n) is 9.82. The number of fused-ring (bicyclic) bond motifs is 1. The number of aromatic nitrogens is 1. The summed E-state index contributed by atoms with van der Waals surface area (Å²) in [4.78, 5) is 44.5. The van der Waals surface area contributed by atoms with Crippen molar-refractivity contribution in [3.63, 3.8) is 0 Å². The first-order valence-electron chi connectivity index (χ1n) is 13.1. The highest BCUT2D eigenvalue weighted by Crippen LogP contribution is 2.23. The van der Waals surface area contributed by atoms with E-state index < -0.39 is 17.9 Å². The van der Waals surface area contributed by atoms with Crippen molar-refractivity contribution in [2.24, 2.45) is 5.92 Å². The van der Waals surface area contributed by atoms with Gasteiger partial charge in [0, 0.05) is 46.9 Å². The molecule has 1 aliphatic heterocycles. The lowest BCUT2D eigenvalue weighted by molar-refractivity contribution is -0.135. The lowest BCUT2D eigenvalue weighted by Gasteiger charge is -2.37. The number of aryl methyl sites for hydroxylation is 1. The molecule has 0 bridgehead atoms. The molecule has 1 fully saturated rings. The molecule has 0 spiro atoms. The molecule has 40 heavy (non-hydrogen) atoms. The lowest BCUT2D eigenvalue weighted by Crippen LogP contribution is -2.56. The topological polar surface area (TPSA) is 121 Å². The van der Waals surface area contributed by atoms with Crippen LogP contribution in [-0.4, -0.2) is 51.9 Å². The van der Waals surface area contributed by atoms with E-state index in [2.05, 4.69) is 10.3 Å². The number of rotatable bonds is 7. The molecule has 1 aromatic heterocycles. The number of pyridine rings is 1. The van der Waals surface area contributed by atoms with Crippen LogP contribution in [0.25, 0.3) is 10.9 Å². The minimum atomic E-state index is -0.809. The van der Waals surface area contributed by atoms with Gasteiger partial charge in [-0.05, 0) is 61.9 Å². The minimum Gasteiger partial charge on any atom is -0.489 e. The van der Waals surface area contributed by atoms with Gasteiger partial charge in [-0.1, -0.05) is 36.4 Å². The van der Waals surface area contributed by atoms with Gasteiger partial charge in [0.2, 0.25) is 5.91 Å². The number of piperidine rings is 1. The first kappa shape index (κ1) is 26.8. The molecule has 9 nitrogen and oxygen atoms in total. The summed E-state index contributed by atoms with van der Waals surface area (Å²) in [7, 11) is 0. The van der Waals surface area contributed by atoms with E-state index in [0.29, 0.717) is 36.4 Å². The van der Waals surface area contributed by atoms with Crippen LogP contribution in [-0.2, 0) is 11.4 Å². The van der Waals surface area contributed by atoms with Crippen LogP contribution >= 0.6 is 0 Å². The molecular weight excluding hydrogens is 508 g/mol.